The minimum atomic E-state index is -0.244. The fourth-order valence-electron chi connectivity index (χ4n) is 4.38. The number of carbonyl (C=O) groups is 1. The van der Waals surface area contributed by atoms with Gasteiger partial charge in [0.25, 0.3) is 5.91 Å². The van der Waals surface area contributed by atoms with Gasteiger partial charge in [-0.2, -0.15) is 10.1 Å². The van der Waals surface area contributed by atoms with Crippen LogP contribution in [0.5, 0.6) is 0 Å². The quantitative estimate of drug-likeness (QED) is 0.620. The van der Waals surface area contributed by atoms with Gasteiger partial charge >= 0.3 is 0 Å². The lowest BCUT2D eigenvalue weighted by molar-refractivity contribution is -0.0856. The summed E-state index contributed by atoms with van der Waals surface area (Å²) in [6, 6.07) is 0. The normalized spacial score (nSPS) is 20.1. The summed E-state index contributed by atoms with van der Waals surface area (Å²) >= 11 is 0. The predicted molar refractivity (Wildman–Crippen MR) is 110 cm³/mol. The van der Waals surface area contributed by atoms with Crippen molar-refractivity contribution in [1.82, 2.24) is 25.2 Å². The van der Waals surface area contributed by atoms with E-state index in [9.17, 15) is 4.79 Å². The highest BCUT2D eigenvalue weighted by Gasteiger charge is 2.31. The second kappa shape index (κ2) is 7.86. The molecule has 1 saturated carbocycles. The number of rotatable bonds is 6. The van der Waals surface area contributed by atoms with Crippen LogP contribution in [0.3, 0.4) is 0 Å². The Balaban J connectivity index is 1.20. The second-order valence-corrected chi connectivity index (χ2v) is 8.66. The summed E-state index contributed by atoms with van der Waals surface area (Å²) in [6.07, 6.45) is 5.68. The summed E-state index contributed by atoms with van der Waals surface area (Å²) in [5.41, 5.74) is 3.72. The molecule has 0 unspecified atom stereocenters. The molecule has 3 aromatic heterocycles. The zero-order valence-electron chi connectivity index (χ0n) is 17.9. The SMILES string of the molecule is Cc1c(C(=O)NC[C@@H]2COCCO2)oc2c1-c1nn(Cc3noc(C4CC4)n3)cc1CC2. The van der Waals surface area contributed by atoms with E-state index in [1.807, 2.05) is 17.8 Å². The number of furan rings is 1. The van der Waals surface area contributed by atoms with Gasteiger partial charge < -0.3 is 23.7 Å². The van der Waals surface area contributed by atoms with Crippen molar-refractivity contribution in [3.05, 3.63) is 40.6 Å². The minimum Gasteiger partial charge on any atom is -0.455 e. The van der Waals surface area contributed by atoms with Crippen LogP contribution in [-0.2, 0) is 28.9 Å². The zero-order valence-corrected chi connectivity index (χ0v) is 17.9. The summed E-state index contributed by atoms with van der Waals surface area (Å²) in [4.78, 5) is 17.3. The second-order valence-electron chi connectivity index (χ2n) is 8.66. The molecule has 1 amide bonds. The molecule has 1 saturated heterocycles. The highest BCUT2D eigenvalue weighted by Crippen LogP contribution is 2.39. The topological polar surface area (TPSA) is 117 Å². The Labute approximate surface area is 184 Å². The molecule has 3 aromatic rings. The van der Waals surface area contributed by atoms with Crippen molar-refractivity contribution in [1.29, 1.82) is 0 Å². The molecule has 168 valence electrons. The molecule has 4 heterocycles. The van der Waals surface area contributed by atoms with Crippen LogP contribution in [0.1, 0.15) is 57.9 Å². The lowest BCUT2D eigenvalue weighted by Crippen LogP contribution is -2.39. The van der Waals surface area contributed by atoms with Gasteiger partial charge in [0.1, 0.15) is 12.3 Å². The van der Waals surface area contributed by atoms with Crippen LogP contribution in [0, 0.1) is 6.92 Å². The molecule has 3 aliphatic rings. The number of aromatic nitrogens is 4. The van der Waals surface area contributed by atoms with Crippen LogP contribution in [0.15, 0.2) is 15.1 Å². The molecule has 0 aromatic carbocycles. The molecule has 10 heteroatoms. The summed E-state index contributed by atoms with van der Waals surface area (Å²) in [5.74, 6) is 2.68. The maximum Gasteiger partial charge on any atom is 0.287 e. The highest BCUT2D eigenvalue weighted by molar-refractivity contribution is 5.95. The fourth-order valence-corrected chi connectivity index (χ4v) is 4.38. The molecule has 2 fully saturated rings. The van der Waals surface area contributed by atoms with Gasteiger partial charge in [-0.1, -0.05) is 5.16 Å². The van der Waals surface area contributed by atoms with Gasteiger partial charge in [-0.05, 0) is 31.7 Å². The molecule has 32 heavy (non-hydrogen) atoms. The fraction of sp³-hybridized carbons (Fsp3) is 0.545. The number of hydrogen-bond acceptors (Lipinski definition) is 8. The van der Waals surface area contributed by atoms with E-state index in [2.05, 4.69) is 15.5 Å². The van der Waals surface area contributed by atoms with Gasteiger partial charge in [0.2, 0.25) is 5.89 Å². The van der Waals surface area contributed by atoms with Crippen molar-refractivity contribution in [3.63, 3.8) is 0 Å². The van der Waals surface area contributed by atoms with Crippen LogP contribution < -0.4 is 5.32 Å². The highest BCUT2D eigenvalue weighted by atomic mass is 16.6. The predicted octanol–water partition coefficient (Wildman–Crippen LogP) is 2.00. The molecule has 0 radical (unpaired) electrons. The minimum absolute atomic E-state index is 0.134. The van der Waals surface area contributed by atoms with Gasteiger partial charge in [-0.25, -0.2) is 0 Å². The third-order valence-corrected chi connectivity index (χ3v) is 6.21. The number of amides is 1. The lowest BCUT2D eigenvalue weighted by Gasteiger charge is -2.22. The third kappa shape index (κ3) is 3.63. The average molecular weight is 439 g/mol. The van der Waals surface area contributed by atoms with E-state index in [0.717, 1.165) is 59.7 Å². The van der Waals surface area contributed by atoms with Crippen molar-refractivity contribution in [2.75, 3.05) is 26.4 Å². The molecule has 6 rings (SSSR count). The molecule has 1 atom stereocenters. The molecule has 0 spiro atoms. The average Bonchev–Trinajstić information content (AvgIpc) is 3.26. The van der Waals surface area contributed by atoms with Crippen LogP contribution in [-0.4, -0.2) is 58.3 Å². The number of fused-ring (bicyclic) bond motifs is 3. The van der Waals surface area contributed by atoms with Crippen LogP contribution in [0.4, 0.5) is 0 Å². The van der Waals surface area contributed by atoms with E-state index in [1.165, 1.54) is 0 Å². The molecular formula is C22H25N5O5. The molecule has 0 bridgehead atoms. The Kier molecular flexibility index (Phi) is 4.83. The van der Waals surface area contributed by atoms with E-state index >= 15 is 0 Å². The number of ether oxygens (including phenoxy) is 2. The summed E-state index contributed by atoms with van der Waals surface area (Å²) in [6.45, 7) is 4.37. The first-order chi connectivity index (χ1) is 15.7. The van der Waals surface area contributed by atoms with Gasteiger partial charge in [0, 0.05) is 36.2 Å². The zero-order chi connectivity index (χ0) is 21.7. The number of carbonyl (C=O) groups excluding carboxylic acids is 1. The van der Waals surface area contributed by atoms with Gasteiger partial charge in [0.15, 0.2) is 11.6 Å². The standard InChI is InChI=1S/C22H25N5O5/c1-12-18-16(31-20(12)21(28)23-8-15-11-29-6-7-30-15)5-4-14-9-27(25-19(14)18)10-17-24-22(32-26-17)13-2-3-13/h9,13,15H,2-8,10-11H2,1H3,(H,23,28)/t15-/m1/s1. The van der Waals surface area contributed by atoms with E-state index in [0.29, 0.717) is 50.4 Å². The first-order valence-corrected chi connectivity index (χ1v) is 11.1. The first kappa shape index (κ1) is 19.7. The Bertz CT molecular complexity index is 1150. The molecule has 1 N–H and O–H groups in total. The van der Waals surface area contributed by atoms with Crippen molar-refractivity contribution < 1.29 is 23.2 Å². The Morgan fingerprint density at radius 3 is 3.00 bits per heavy atom. The molecule has 1 aliphatic heterocycles. The van der Waals surface area contributed by atoms with Crippen molar-refractivity contribution in [2.24, 2.45) is 0 Å². The molecule has 10 nitrogen and oxygen atoms in total. The van der Waals surface area contributed by atoms with Gasteiger partial charge in [-0.15, -0.1) is 0 Å². The largest absolute Gasteiger partial charge is 0.455 e. The number of aryl methyl sites for hydroxylation is 2. The smallest absolute Gasteiger partial charge is 0.287 e. The molecule has 2 aliphatic carbocycles. The van der Waals surface area contributed by atoms with Crippen LogP contribution in [0.2, 0.25) is 0 Å². The van der Waals surface area contributed by atoms with E-state index < -0.39 is 0 Å². The lowest BCUT2D eigenvalue weighted by atomic mass is 9.93. The van der Waals surface area contributed by atoms with Crippen LogP contribution >= 0.6 is 0 Å². The van der Waals surface area contributed by atoms with Crippen molar-refractivity contribution in [3.8, 4) is 11.3 Å². The Morgan fingerprint density at radius 1 is 1.28 bits per heavy atom. The Morgan fingerprint density at radius 2 is 2.19 bits per heavy atom. The van der Waals surface area contributed by atoms with Gasteiger partial charge in [-0.3, -0.25) is 9.48 Å². The number of nitrogens with zero attached hydrogens (tertiary/aromatic N) is 4. The van der Waals surface area contributed by atoms with E-state index in [-0.39, 0.29) is 12.0 Å². The first-order valence-electron chi connectivity index (χ1n) is 11.1. The van der Waals surface area contributed by atoms with Crippen molar-refractivity contribution >= 4 is 5.91 Å². The van der Waals surface area contributed by atoms with E-state index in [4.69, 9.17) is 23.5 Å². The summed E-state index contributed by atoms with van der Waals surface area (Å²) in [5, 5.41) is 11.8. The maximum absolute atomic E-state index is 12.8. The summed E-state index contributed by atoms with van der Waals surface area (Å²) in [7, 11) is 0. The summed E-state index contributed by atoms with van der Waals surface area (Å²) < 4.78 is 24.2. The maximum atomic E-state index is 12.8. The number of nitrogens with one attached hydrogen (secondary N) is 1. The van der Waals surface area contributed by atoms with Crippen molar-refractivity contribution in [2.45, 2.75) is 51.2 Å². The van der Waals surface area contributed by atoms with E-state index in [1.54, 1.807) is 0 Å². The van der Waals surface area contributed by atoms with Gasteiger partial charge in [0.05, 0.1) is 31.6 Å². The third-order valence-electron chi connectivity index (χ3n) is 6.21. The monoisotopic (exact) mass is 439 g/mol. The molecular weight excluding hydrogens is 414 g/mol. The van der Waals surface area contributed by atoms with Crippen LogP contribution in [0.25, 0.3) is 11.3 Å². The number of hydrogen-bond donors (Lipinski definition) is 1. The Hall–Kier alpha value is -2.98.